The number of methoxy groups -OCH3 is 1. The van der Waals surface area contributed by atoms with E-state index in [1.165, 1.54) is 31.4 Å². The second-order valence-corrected chi connectivity index (χ2v) is 8.23. The summed E-state index contributed by atoms with van der Waals surface area (Å²) in [6, 6.07) is 8.93. The van der Waals surface area contributed by atoms with E-state index < -0.39 is 36.2 Å². The van der Waals surface area contributed by atoms with Gasteiger partial charge in [0.05, 0.1) is 35.3 Å². The number of anilines is 1. The van der Waals surface area contributed by atoms with E-state index in [4.69, 9.17) is 44.3 Å². The van der Waals surface area contributed by atoms with Crippen LogP contribution < -0.4 is 15.5 Å². The maximum Gasteiger partial charge on any atom is 0.311 e. The third kappa shape index (κ3) is 6.28. The Kier molecular flexibility index (Phi) is 8.01. The van der Waals surface area contributed by atoms with Crippen LogP contribution in [0.25, 0.3) is 0 Å². The van der Waals surface area contributed by atoms with E-state index in [2.05, 4.69) is 10.7 Å². The average molecular weight is 515 g/mol. The molecule has 0 aromatic heterocycles. The third-order valence-corrected chi connectivity index (χ3v) is 5.63. The highest BCUT2D eigenvalue weighted by Crippen LogP contribution is 2.27. The first-order chi connectivity index (χ1) is 15.7. The Morgan fingerprint density at radius 2 is 1.85 bits per heavy atom. The number of carbonyl (C=O) groups excluding carboxylic acids is 4. The highest BCUT2D eigenvalue weighted by Gasteiger charge is 2.36. The maximum absolute atomic E-state index is 12.4. The largest absolute Gasteiger partial charge is 0.495 e. The van der Waals surface area contributed by atoms with Gasteiger partial charge >= 0.3 is 5.97 Å². The molecule has 3 amide bonds. The Labute approximate surface area is 203 Å². The molecule has 33 heavy (non-hydrogen) atoms. The number of hydrogen-bond acceptors (Lipinski definition) is 6. The van der Waals surface area contributed by atoms with Gasteiger partial charge in [0.1, 0.15) is 5.75 Å². The number of carbonyl (C=O) groups is 4. The van der Waals surface area contributed by atoms with Crippen molar-refractivity contribution in [3.8, 4) is 5.75 Å². The fourth-order valence-electron chi connectivity index (χ4n) is 3.02. The average Bonchev–Trinajstić information content (AvgIpc) is 3.14. The van der Waals surface area contributed by atoms with Gasteiger partial charge in [-0.2, -0.15) is 0 Å². The molecule has 0 aliphatic carbocycles. The van der Waals surface area contributed by atoms with Crippen molar-refractivity contribution >= 4 is 64.2 Å². The number of hydrazine groups is 1. The number of hydrogen-bond donors (Lipinski definition) is 2. The lowest BCUT2D eigenvalue weighted by atomic mass is 10.1. The summed E-state index contributed by atoms with van der Waals surface area (Å²) in [5.74, 6) is -2.89. The minimum Gasteiger partial charge on any atom is -0.495 e. The van der Waals surface area contributed by atoms with E-state index in [1.54, 1.807) is 12.1 Å². The fraction of sp³-hybridized carbons (Fsp3) is 0.238. The van der Waals surface area contributed by atoms with Crippen LogP contribution >= 0.6 is 34.8 Å². The first kappa shape index (κ1) is 24.6. The lowest BCUT2D eigenvalue weighted by Crippen LogP contribution is -2.43. The summed E-state index contributed by atoms with van der Waals surface area (Å²) in [4.78, 5) is 49.1. The molecule has 1 saturated heterocycles. The molecule has 0 unspecified atom stereocenters. The van der Waals surface area contributed by atoms with Gasteiger partial charge in [-0.05, 0) is 36.4 Å². The molecule has 9 nitrogen and oxygen atoms in total. The second-order valence-electron chi connectivity index (χ2n) is 6.98. The van der Waals surface area contributed by atoms with Crippen LogP contribution in [0.5, 0.6) is 5.75 Å². The van der Waals surface area contributed by atoms with E-state index in [0.717, 1.165) is 5.01 Å². The standard InChI is InChI=1S/C21H18Cl3N3O6/c1-32-17-5-3-13(22)8-16(17)25-18(28)10-33-21(31)12-7-19(29)27(9-12)26-20(30)11-2-4-14(23)15(24)6-11/h2-6,8,12H,7,9-10H2,1H3,(H,25,28)(H,26,30)/t12-/m0/s1. The summed E-state index contributed by atoms with van der Waals surface area (Å²) in [6.45, 7) is -0.677. The zero-order chi connectivity index (χ0) is 24.1. The summed E-state index contributed by atoms with van der Waals surface area (Å²) in [5.41, 5.74) is 2.93. The Morgan fingerprint density at radius 1 is 1.09 bits per heavy atom. The topological polar surface area (TPSA) is 114 Å². The number of nitrogens with one attached hydrogen (secondary N) is 2. The van der Waals surface area contributed by atoms with Crippen molar-refractivity contribution in [3.63, 3.8) is 0 Å². The Hall–Kier alpha value is -3.01. The highest BCUT2D eigenvalue weighted by molar-refractivity contribution is 6.42. The molecule has 12 heteroatoms. The maximum atomic E-state index is 12.4. The molecule has 0 radical (unpaired) electrons. The molecule has 1 heterocycles. The Balaban J connectivity index is 1.51. The number of rotatable bonds is 7. The molecule has 1 fully saturated rings. The summed E-state index contributed by atoms with van der Waals surface area (Å²) in [5, 5.41) is 4.42. The Morgan fingerprint density at radius 3 is 2.55 bits per heavy atom. The number of ether oxygens (including phenoxy) is 2. The van der Waals surface area contributed by atoms with Gasteiger partial charge in [-0.15, -0.1) is 0 Å². The van der Waals surface area contributed by atoms with Crippen molar-refractivity contribution in [1.29, 1.82) is 0 Å². The lowest BCUT2D eigenvalue weighted by Gasteiger charge is -2.17. The fourth-order valence-corrected chi connectivity index (χ4v) is 3.49. The van der Waals surface area contributed by atoms with Crippen molar-refractivity contribution in [2.24, 2.45) is 5.92 Å². The molecule has 2 aromatic carbocycles. The molecule has 0 spiro atoms. The van der Waals surface area contributed by atoms with E-state index in [1.807, 2.05) is 0 Å². The van der Waals surface area contributed by atoms with Crippen LogP contribution in [-0.2, 0) is 19.1 Å². The first-order valence-electron chi connectivity index (χ1n) is 9.54. The molecule has 1 aliphatic heterocycles. The summed E-state index contributed by atoms with van der Waals surface area (Å²) >= 11 is 17.7. The minimum atomic E-state index is -0.847. The molecule has 1 aliphatic rings. The van der Waals surface area contributed by atoms with Gasteiger partial charge in [0.25, 0.3) is 11.8 Å². The monoisotopic (exact) mass is 513 g/mol. The third-order valence-electron chi connectivity index (χ3n) is 4.66. The minimum absolute atomic E-state index is 0.103. The second kappa shape index (κ2) is 10.7. The van der Waals surface area contributed by atoms with Crippen LogP contribution in [-0.4, -0.2) is 49.0 Å². The number of nitrogens with zero attached hydrogens (tertiary/aromatic N) is 1. The van der Waals surface area contributed by atoms with E-state index in [0.29, 0.717) is 16.5 Å². The van der Waals surface area contributed by atoms with Gasteiger partial charge < -0.3 is 14.8 Å². The molecule has 2 aromatic rings. The van der Waals surface area contributed by atoms with Crippen LogP contribution in [0.4, 0.5) is 5.69 Å². The number of amides is 3. The van der Waals surface area contributed by atoms with Crippen molar-refractivity contribution in [2.75, 3.05) is 25.6 Å². The molecular formula is C21H18Cl3N3O6. The highest BCUT2D eigenvalue weighted by atomic mass is 35.5. The molecular weight excluding hydrogens is 497 g/mol. The smallest absolute Gasteiger partial charge is 0.311 e. The predicted octanol–water partition coefficient (Wildman–Crippen LogP) is 3.33. The van der Waals surface area contributed by atoms with Gasteiger partial charge in [0, 0.05) is 17.0 Å². The molecule has 1 atom stereocenters. The zero-order valence-electron chi connectivity index (χ0n) is 17.2. The summed E-state index contributed by atoms with van der Waals surface area (Å²) in [7, 11) is 1.43. The van der Waals surface area contributed by atoms with E-state index in [-0.39, 0.29) is 28.6 Å². The quantitative estimate of drug-likeness (QED) is 0.548. The molecule has 0 bridgehead atoms. The van der Waals surface area contributed by atoms with Crippen molar-refractivity contribution in [3.05, 3.63) is 57.0 Å². The number of benzene rings is 2. The van der Waals surface area contributed by atoms with Crippen LogP contribution in [0.1, 0.15) is 16.8 Å². The van der Waals surface area contributed by atoms with E-state index in [9.17, 15) is 19.2 Å². The summed E-state index contributed by atoms with van der Waals surface area (Å²) in [6.07, 6.45) is -0.176. The van der Waals surface area contributed by atoms with Gasteiger partial charge in [-0.25, -0.2) is 0 Å². The normalized spacial score (nSPS) is 15.2. The molecule has 3 rings (SSSR count). The van der Waals surface area contributed by atoms with Gasteiger partial charge in [-0.1, -0.05) is 34.8 Å². The molecule has 174 valence electrons. The van der Waals surface area contributed by atoms with Gasteiger partial charge in [0.2, 0.25) is 5.91 Å². The van der Waals surface area contributed by atoms with Crippen LogP contribution in [0.15, 0.2) is 36.4 Å². The first-order valence-corrected chi connectivity index (χ1v) is 10.7. The predicted molar refractivity (Wildman–Crippen MR) is 121 cm³/mol. The number of esters is 1. The van der Waals surface area contributed by atoms with Crippen molar-refractivity contribution < 1.29 is 28.7 Å². The summed E-state index contributed by atoms with van der Waals surface area (Å²) < 4.78 is 10.2. The zero-order valence-corrected chi connectivity index (χ0v) is 19.5. The van der Waals surface area contributed by atoms with Crippen molar-refractivity contribution in [1.82, 2.24) is 10.4 Å². The molecule has 0 saturated carbocycles. The SMILES string of the molecule is COc1ccc(Cl)cc1NC(=O)COC(=O)[C@H]1CC(=O)N(NC(=O)c2ccc(Cl)c(Cl)c2)C1. The van der Waals surface area contributed by atoms with Crippen LogP contribution in [0.2, 0.25) is 15.1 Å². The van der Waals surface area contributed by atoms with Gasteiger partial charge in [0.15, 0.2) is 6.61 Å². The molecule has 2 N–H and O–H groups in total. The number of halogens is 3. The Bertz CT molecular complexity index is 1110. The van der Waals surface area contributed by atoms with Crippen LogP contribution in [0, 0.1) is 5.92 Å². The van der Waals surface area contributed by atoms with Crippen LogP contribution in [0.3, 0.4) is 0 Å². The lowest BCUT2D eigenvalue weighted by molar-refractivity contribution is -0.151. The van der Waals surface area contributed by atoms with Crippen molar-refractivity contribution in [2.45, 2.75) is 6.42 Å². The van der Waals surface area contributed by atoms with Gasteiger partial charge in [-0.3, -0.25) is 29.6 Å². The van der Waals surface area contributed by atoms with E-state index >= 15 is 0 Å².